The zero-order valence-electron chi connectivity index (χ0n) is 35.7. The van der Waals surface area contributed by atoms with Crippen molar-refractivity contribution in [1.82, 2.24) is 0 Å². The van der Waals surface area contributed by atoms with Crippen LogP contribution in [0.4, 0.5) is 0 Å². The number of rotatable bonds is 11. The molecule has 0 aromatic heterocycles. The molecule has 7 aliphatic heterocycles. The molecular formula is C45H72O13. The molecule has 13 nitrogen and oxygen atoms in total. The molecule has 7 heterocycles. The number of hydrogen-bond donors (Lipinski definition) is 5. The van der Waals surface area contributed by atoms with Crippen molar-refractivity contribution in [2.45, 2.75) is 222 Å². The van der Waals surface area contributed by atoms with Crippen LogP contribution < -0.4 is 0 Å². The van der Waals surface area contributed by atoms with Crippen LogP contribution in [-0.2, 0) is 38.0 Å². The summed E-state index contributed by atoms with van der Waals surface area (Å²) in [6.45, 7) is 16.9. The van der Waals surface area contributed by atoms with Crippen LogP contribution in [0.15, 0.2) is 23.8 Å². The van der Waals surface area contributed by atoms with Crippen LogP contribution in [0.1, 0.15) is 138 Å². The summed E-state index contributed by atoms with van der Waals surface area (Å²) < 4.78 is 45.7. The Bertz CT molecular complexity index is 1500. The van der Waals surface area contributed by atoms with Crippen molar-refractivity contribution < 1.29 is 63.5 Å². The van der Waals surface area contributed by atoms with E-state index in [1.54, 1.807) is 0 Å². The van der Waals surface area contributed by atoms with E-state index < -0.39 is 71.7 Å². The predicted octanol–water partition coefficient (Wildman–Crippen LogP) is 5.68. The van der Waals surface area contributed by atoms with Crippen molar-refractivity contribution in [3.05, 3.63) is 23.8 Å². The maximum absolute atomic E-state index is 11.6. The second kappa shape index (κ2) is 17.3. The first-order chi connectivity index (χ1) is 27.3. The summed E-state index contributed by atoms with van der Waals surface area (Å²) in [6, 6.07) is 0. The fraction of sp³-hybridized carbons (Fsp3) is 0.889. The summed E-state index contributed by atoms with van der Waals surface area (Å²) in [5, 5.41) is 54.2. The molecule has 0 bridgehead atoms. The lowest BCUT2D eigenvalue weighted by Crippen LogP contribution is -2.60. The smallest absolute Gasteiger partial charge is 0.335 e. The van der Waals surface area contributed by atoms with Gasteiger partial charge in [0.15, 0.2) is 17.2 Å². The lowest BCUT2D eigenvalue weighted by Gasteiger charge is -2.51. The first-order valence-electron chi connectivity index (χ1n) is 22.4. The van der Waals surface area contributed by atoms with E-state index in [1.807, 2.05) is 13.0 Å². The molecule has 18 atom stereocenters. The highest BCUT2D eigenvalue weighted by molar-refractivity contribution is 5.76. The average Bonchev–Trinajstić information content (AvgIpc) is 3.57. The molecule has 3 spiro atoms. The third-order valence-electron chi connectivity index (χ3n) is 14.9. The SMILES string of the molecule is C=C1C([C@@H](O)C[C@H](C)[C@H]2O[C@@]3(CC[C@H]2C)OCCCC3C)O[C@@H]2CC[C@@]3(CC[C@H](CC[C@@H](C)[C@@H]4CC(C)=C[C@@]5(O[C@H](C[C@@](C)(O)C(=O)O)CC[C@H]5O)O4)O3)O[C@H]2[C@@H]1O. The van der Waals surface area contributed by atoms with Crippen LogP contribution in [0.5, 0.6) is 0 Å². The fourth-order valence-electron chi connectivity index (χ4n) is 11.2. The predicted molar refractivity (Wildman–Crippen MR) is 212 cm³/mol. The lowest BCUT2D eigenvalue weighted by molar-refractivity contribution is -0.334. The summed E-state index contributed by atoms with van der Waals surface area (Å²) in [4.78, 5) is 11.6. The van der Waals surface area contributed by atoms with Gasteiger partial charge in [0.2, 0.25) is 5.79 Å². The summed E-state index contributed by atoms with van der Waals surface area (Å²) in [7, 11) is 0. The molecule has 5 N–H and O–H groups in total. The Morgan fingerprint density at radius 1 is 0.966 bits per heavy atom. The molecule has 13 heteroatoms. The number of fused-ring (bicyclic) bond motifs is 1. The van der Waals surface area contributed by atoms with E-state index in [4.69, 9.17) is 33.2 Å². The van der Waals surface area contributed by atoms with Crippen molar-refractivity contribution in [2.24, 2.45) is 23.7 Å². The van der Waals surface area contributed by atoms with Gasteiger partial charge in [-0.3, -0.25) is 0 Å². The van der Waals surface area contributed by atoms with Crippen LogP contribution in [0.2, 0.25) is 0 Å². The lowest BCUT2D eigenvalue weighted by atomic mass is 9.78. The molecule has 58 heavy (non-hydrogen) atoms. The molecule has 0 amide bonds. The van der Waals surface area contributed by atoms with E-state index in [-0.39, 0.29) is 36.6 Å². The number of hydrogen-bond acceptors (Lipinski definition) is 12. The summed E-state index contributed by atoms with van der Waals surface area (Å²) >= 11 is 0. The molecule has 0 saturated carbocycles. The second-order valence-electron chi connectivity index (χ2n) is 19.8. The maximum atomic E-state index is 11.6. The van der Waals surface area contributed by atoms with E-state index >= 15 is 0 Å². The van der Waals surface area contributed by atoms with Crippen LogP contribution in [-0.4, -0.2) is 122 Å². The van der Waals surface area contributed by atoms with E-state index in [0.29, 0.717) is 62.4 Å². The zero-order valence-corrected chi connectivity index (χ0v) is 35.7. The van der Waals surface area contributed by atoms with Gasteiger partial charge >= 0.3 is 5.97 Å². The Kier molecular flexibility index (Phi) is 13.3. The molecule has 0 aliphatic carbocycles. The third-order valence-corrected chi connectivity index (χ3v) is 14.9. The number of carbonyl (C=O) groups is 1. The molecule has 0 radical (unpaired) electrons. The Morgan fingerprint density at radius 3 is 2.47 bits per heavy atom. The topological polar surface area (TPSA) is 183 Å². The van der Waals surface area contributed by atoms with Gasteiger partial charge in [-0.25, -0.2) is 4.79 Å². The normalized spacial score (nSPS) is 46.0. The summed E-state index contributed by atoms with van der Waals surface area (Å²) in [5.74, 6) is -3.27. The highest BCUT2D eigenvalue weighted by Crippen LogP contribution is 2.49. The molecule has 7 aliphatic rings. The van der Waals surface area contributed by atoms with Gasteiger partial charge in [0.25, 0.3) is 0 Å². The van der Waals surface area contributed by atoms with Crippen LogP contribution in [0.25, 0.3) is 0 Å². The van der Waals surface area contributed by atoms with Gasteiger partial charge in [-0.15, -0.1) is 0 Å². The van der Waals surface area contributed by atoms with Gasteiger partial charge in [-0.05, 0) is 114 Å². The first-order valence-corrected chi connectivity index (χ1v) is 22.4. The Morgan fingerprint density at radius 2 is 1.72 bits per heavy atom. The van der Waals surface area contributed by atoms with E-state index in [2.05, 4.69) is 34.3 Å². The van der Waals surface area contributed by atoms with Crippen molar-refractivity contribution in [3.8, 4) is 0 Å². The molecule has 7 rings (SSSR count). The third kappa shape index (κ3) is 9.02. The Labute approximate surface area is 344 Å². The molecule has 2 unspecified atom stereocenters. The molecule has 330 valence electrons. The number of aliphatic hydroxyl groups is 4. The molecule has 0 aromatic rings. The van der Waals surface area contributed by atoms with E-state index in [1.165, 1.54) is 6.92 Å². The van der Waals surface area contributed by atoms with Crippen LogP contribution in [0, 0.1) is 23.7 Å². The van der Waals surface area contributed by atoms with Crippen LogP contribution >= 0.6 is 0 Å². The van der Waals surface area contributed by atoms with Crippen LogP contribution in [0.3, 0.4) is 0 Å². The molecule has 6 saturated heterocycles. The summed E-state index contributed by atoms with van der Waals surface area (Å²) in [6.07, 6.45) is 6.57. The number of carboxylic acids is 1. The first kappa shape index (κ1) is 44.6. The maximum Gasteiger partial charge on any atom is 0.335 e. The minimum Gasteiger partial charge on any atom is -0.479 e. The van der Waals surface area contributed by atoms with Gasteiger partial charge in [-0.1, -0.05) is 39.8 Å². The Balaban J connectivity index is 0.900. The standard InChI is InChI=1S/C45H72O13/c1-25-21-35(56-45(23-25)36(47)13-12-32(55-45)24-42(7,51)41(49)50)26(2)10-11-31-15-17-43(54-31)18-16-34-40(57-43)37(48)30(6)39(53-34)33(46)22-28(4)38-27(3)14-19-44(58-38)29(5)9-8-20-52-44/h23,26-29,31-40,46-48,51H,6,8-22,24H2,1-5,7H3,(H,49,50)/t26-,27-,28+,29?,31+,32+,33+,34-,35+,36-,37-,38+,39?,40-,42-,43-,44-,45-/m1/s1. The number of carboxylic acid groups (broad SMARTS) is 1. The highest BCUT2D eigenvalue weighted by atomic mass is 16.7. The van der Waals surface area contributed by atoms with Crippen molar-refractivity contribution in [1.29, 1.82) is 0 Å². The molecule has 0 aromatic carbocycles. The quantitative estimate of drug-likeness (QED) is 0.161. The number of aliphatic hydroxyl groups excluding tert-OH is 3. The van der Waals surface area contributed by atoms with Gasteiger partial charge in [0.05, 0.1) is 43.2 Å². The van der Waals surface area contributed by atoms with Crippen molar-refractivity contribution in [3.63, 3.8) is 0 Å². The molecule has 6 fully saturated rings. The van der Waals surface area contributed by atoms with E-state index in [9.17, 15) is 30.3 Å². The van der Waals surface area contributed by atoms with Gasteiger partial charge < -0.3 is 58.7 Å². The minimum absolute atomic E-state index is 0.0428. The zero-order chi connectivity index (χ0) is 41.8. The number of aliphatic carboxylic acids is 1. The monoisotopic (exact) mass is 820 g/mol. The highest BCUT2D eigenvalue weighted by Gasteiger charge is 2.55. The minimum atomic E-state index is -1.95. The van der Waals surface area contributed by atoms with Gasteiger partial charge in [0.1, 0.15) is 24.4 Å². The second-order valence-corrected chi connectivity index (χ2v) is 19.8. The largest absolute Gasteiger partial charge is 0.479 e. The van der Waals surface area contributed by atoms with E-state index in [0.717, 1.165) is 57.1 Å². The average molecular weight is 821 g/mol. The molecular weight excluding hydrogens is 748 g/mol. The van der Waals surface area contributed by atoms with Crippen molar-refractivity contribution >= 4 is 5.97 Å². The summed E-state index contributed by atoms with van der Waals surface area (Å²) in [5.41, 5.74) is -0.495. The van der Waals surface area contributed by atoms with Gasteiger partial charge in [0, 0.05) is 31.6 Å². The van der Waals surface area contributed by atoms with Crippen molar-refractivity contribution in [2.75, 3.05) is 6.61 Å². The number of ether oxygens (including phenoxy) is 7. The fourth-order valence-corrected chi connectivity index (χ4v) is 11.2. The Hall–Kier alpha value is -1.49. The van der Waals surface area contributed by atoms with Gasteiger partial charge in [-0.2, -0.15) is 0 Å².